The van der Waals surface area contributed by atoms with Crippen molar-refractivity contribution in [1.29, 1.82) is 0 Å². The second-order valence-corrected chi connectivity index (χ2v) is 4.56. The molecule has 2 rings (SSSR count). The fourth-order valence-electron chi connectivity index (χ4n) is 1.95. The Morgan fingerprint density at radius 2 is 2.07 bits per heavy atom. The molecule has 1 N–H and O–H groups in total. The van der Waals surface area contributed by atoms with Crippen molar-refractivity contribution in [2.24, 2.45) is 0 Å². The van der Waals surface area contributed by atoms with Crippen molar-refractivity contribution < 1.29 is 4.79 Å². The van der Waals surface area contributed by atoms with E-state index >= 15 is 0 Å². The summed E-state index contributed by atoms with van der Waals surface area (Å²) in [5, 5.41) is 8.47. The van der Waals surface area contributed by atoms with Crippen LogP contribution in [0.3, 0.4) is 0 Å². The van der Waals surface area contributed by atoms with Crippen molar-refractivity contribution in [3.05, 3.63) is 11.1 Å². The first kappa shape index (κ1) is 10.5. The number of aromatic nitrogens is 2. The predicted molar refractivity (Wildman–Crippen MR) is 58.9 cm³/mol. The molecule has 1 heterocycles. The summed E-state index contributed by atoms with van der Waals surface area (Å²) in [4.78, 5) is 11.7. The maximum Gasteiger partial charge on any atom is 0.272 e. The van der Waals surface area contributed by atoms with E-state index in [1.54, 1.807) is 5.38 Å². The quantitative estimate of drug-likeness (QED) is 0.783. The van der Waals surface area contributed by atoms with Crippen LogP contribution in [-0.2, 0) is 0 Å². The van der Waals surface area contributed by atoms with Crippen molar-refractivity contribution in [3.8, 4) is 0 Å². The third-order valence-corrected chi connectivity index (χ3v) is 3.29. The second kappa shape index (κ2) is 5.21. The molecule has 0 aliphatic heterocycles. The van der Waals surface area contributed by atoms with Crippen LogP contribution in [0.5, 0.6) is 0 Å². The monoisotopic (exact) mass is 225 g/mol. The van der Waals surface area contributed by atoms with Gasteiger partial charge in [-0.25, -0.2) is 0 Å². The van der Waals surface area contributed by atoms with Gasteiger partial charge in [0.15, 0.2) is 5.69 Å². The van der Waals surface area contributed by atoms with Crippen molar-refractivity contribution in [3.63, 3.8) is 0 Å². The van der Waals surface area contributed by atoms with Gasteiger partial charge in [0.05, 0.1) is 0 Å². The zero-order valence-electron chi connectivity index (χ0n) is 8.61. The molecule has 1 aromatic heterocycles. The average Bonchev–Trinajstić information content (AvgIpc) is 2.65. The molecule has 1 saturated carbocycles. The molecule has 5 heteroatoms. The number of carbonyl (C=O) groups excluding carboxylic acids is 1. The van der Waals surface area contributed by atoms with Crippen LogP contribution >= 0.6 is 11.5 Å². The number of nitrogens with one attached hydrogen (secondary N) is 1. The molecule has 15 heavy (non-hydrogen) atoms. The van der Waals surface area contributed by atoms with Crippen molar-refractivity contribution in [1.82, 2.24) is 14.9 Å². The van der Waals surface area contributed by atoms with E-state index in [-0.39, 0.29) is 5.91 Å². The second-order valence-electron chi connectivity index (χ2n) is 3.95. The lowest BCUT2D eigenvalue weighted by molar-refractivity contribution is 0.0928. The van der Waals surface area contributed by atoms with Gasteiger partial charge < -0.3 is 5.32 Å². The van der Waals surface area contributed by atoms with E-state index in [2.05, 4.69) is 14.9 Å². The van der Waals surface area contributed by atoms with Gasteiger partial charge in [0.2, 0.25) is 0 Å². The summed E-state index contributed by atoms with van der Waals surface area (Å²) in [6.45, 7) is 0. The van der Waals surface area contributed by atoms with Crippen LogP contribution in [0.1, 0.15) is 49.0 Å². The van der Waals surface area contributed by atoms with Crippen LogP contribution in [0, 0.1) is 0 Å². The van der Waals surface area contributed by atoms with Crippen LogP contribution in [0.2, 0.25) is 0 Å². The molecule has 1 amide bonds. The van der Waals surface area contributed by atoms with Gasteiger partial charge in [-0.2, -0.15) is 0 Å². The maximum atomic E-state index is 11.7. The minimum Gasteiger partial charge on any atom is -0.348 e. The van der Waals surface area contributed by atoms with E-state index in [1.807, 2.05) is 0 Å². The lowest BCUT2D eigenvalue weighted by Crippen LogP contribution is -2.34. The molecule has 0 aromatic carbocycles. The van der Waals surface area contributed by atoms with Crippen molar-refractivity contribution in [2.45, 2.75) is 44.6 Å². The van der Waals surface area contributed by atoms with Gasteiger partial charge in [0.1, 0.15) is 0 Å². The summed E-state index contributed by atoms with van der Waals surface area (Å²) in [5.74, 6) is -0.0735. The zero-order valence-corrected chi connectivity index (χ0v) is 9.42. The Morgan fingerprint density at radius 1 is 1.33 bits per heavy atom. The van der Waals surface area contributed by atoms with Crippen LogP contribution < -0.4 is 5.32 Å². The average molecular weight is 225 g/mol. The number of nitrogens with zero attached hydrogens (tertiary/aromatic N) is 2. The van der Waals surface area contributed by atoms with Crippen LogP contribution in [0.4, 0.5) is 0 Å². The Hall–Kier alpha value is -0.970. The van der Waals surface area contributed by atoms with E-state index in [9.17, 15) is 4.79 Å². The largest absolute Gasteiger partial charge is 0.348 e. The Morgan fingerprint density at radius 3 is 2.67 bits per heavy atom. The van der Waals surface area contributed by atoms with E-state index < -0.39 is 0 Å². The lowest BCUT2D eigenvalue weighted by Gasteiger charge is -2.14. The molecule has 1 aliphatic carbocycles. The number of amides is 1. The summed E-state index contributed by atoms with van der Waals surface area (Å²) >= 11 is 1.21. The fourth-order valence-corrected chi connectivity index (χ4v) is 2.38. The molecule has 0 unspecified atom stereocenters. The van der Waals surface area contributed by atoms with Gasteiger partial charge in [0, 0.05) is 11.4 Å². The number of rotatable bonds is 2. The van der Waals surface area contributed by atoms with Gasteiger partial charge in [-0.15, -0.1) is 5.10 Å². The summed E-state index contributed by atoms with van der Waals surface area (Å²) < 4.78 is 3.69. The number of hydrogen-bond donors (Lipinski definition) is 1. The Kier molecular flexibility index (Phi) is 3.66. The minimum atomic E-state index is -0.0735. The first-order chi connectivity index (χ1) is 7.36. The van der Waals surface area contributed by atoms with Crippen LogP contribution in [0.25, 0.3) is 0 Å². The molecule has 0 spiro atoms. The highest BCUT2D eigenvalue weighted by Crippen LogP contribution is 2.17. The first-order valence-electron chi connectivity index (χ1n) is 5.44. The normalized spacial score (nSPS) is 18.4. The molecule has 0 saturated heterocycles. The summed E-state index contributed by atoms with van der Waals surface area (Å²) in [6.07, 6.45) is 7.24. The molecule has 0 atom stereocenters. The third-order valence-electron chi connectivity index (χ3n) is 2.78. The van der Waals surface area contributed by atoms with E-state index in [1.165, 1.54) is 37.2 Å². The Bertz CT molecular complexity index is 304. The SMILES string of the molecule is O=C(NC1CCCCCC1)c1csnn1. The van der Waals surface area contributed by atoms with Gasteiger partial charge in [0.25, 0.3) is 5.91 Å². The van der Waals surface area contributed by atoms with Crippen LogP contribution in [0.15, 0.2) is 5.38 Å². The molecule has 1 aromatic rings. The van der Waals surface area contributed by atoms with Gasteiger partial charge in [-0.3, -0.25) is 4.79 Å². The van der Waals surface area contributed by atoms with Gasteiger partial charge in [-0.05, 0) is 24.4 Å². The molecular formula is C10H15N3OS. The number of carbonyl (C=O) groups is 1. The van der Waals surface area contributed by atoms with E-state index in [0.29, 0.717) is 11.7 Å². The predicted octanol–water partition coefficient (Wildman–Crippen LogP) is 1.99. The number of hydrogen-bond acceptors (Lipinski definition) is 4. The molecule has 0 radical (unpaired) electrons. The molecule has 1 aliphatic rings. The molecular weight excluding hydrogens is 210 g/mol. The summed E-state index contributed by atoms with van der Waals surface area (Å²) in [5.41, 5.74) is 0.448. The molecule has 4 nitrogen and oxygen atoms in total. The minimum absolute atomic E-state index is 0.0735. The smallest absolute Gasteiger partial charge is 0.272 e. The zero-order chi connectivity index (χ0) is 10.5. The van der Waals surface area contributed by atoms with Gasteiger partial charge in [-0.1, -0.05) is 30.2 Å². The summed E-state index contributed by atoms with van der Waals surface area (Å²) in [7, 11) is 0. The van der Waals surface area contributed by atoms with E-state index in [0.717, 1.165) is 12.8 Å². The Labute approximate surface area is 93.2 Å². The standard InChI is InChI=1S/C10H15N3OS/c14-10(9-7-15-13-12-9)11-8-5-3-1-2-4-6-8/h7-8H,1-6H2,(H,11,14). The molecule has 1 fully saturated rings. The van der Waals surface area contributed by atoms with Crippen LogP contribution in [-0.4, -0.2) is 21.5 Å². The Balaban J connectivity index is 1.87. The van der Waals surface area contributed by atoms with Gasteiger partial charge >= 0.3 is 0 Å². The fraction of sp³-hybridized carbons (Fsp3) is 0.700. The highest BCUT2D eigenvalue weighted by atomic mass is 32.1. The topological polar surface area (TPSA) is 54.9 Å². The first-order valence-corrected chi connectivity index (χ1v) is 6.28. The van der Waals surface area contributed by atoms with E-state index in [4.69, 9.17) is 0 Å². The highest BCUT2D eigenvalue weighted by molar-refractivity contribution is 7.03. The third kappa shape index (κ3) is 2.99. The molecule has 0 bridgehead atoms. The maximum absolute atomic E-state index is 11.7. The highest BCUT2D eigenvalue weighted by Gasteiger charge is 2.16. The summed E-state index contributed by atoms with van der Waals surface area (Å²) in [6, 6.07) is 0.335. The molecule has 82 valence electrons. The lowest BCUT2D eigenvalue weighted by atomic mass is 10.1. The van der Waals surface area contributed by atoms with Crippen molar-refractivity contribution >= 4 is 17.4 Å². The van der Waals surface area contributed by atoms with Crippen molar-refractivity contribution in [2.75, 3.05) is 0 Å².